The van der Waals surface area contributed by atoms with Crippen LogP contribution in [0, 0.1) is 0 Å². The van der Waals surface area contributed by atoms with Crippen molar-refractivity contribution in [3.8, 4) is 11.5 Å². The highest BCUT2D eigenvalue weighted by Gasteiger charge is 2.11. The van der Waals surface area contributed by atoms with Gasteiger partial charge in [-0.1, -0.05) is 18.5 Å². The average Bonchev–Trinajstić information content (AvgIpc) is 2.34. The molecule has 0 aliphatic heterocycles. The number of nitrogens with one attached hydrogen (secondary N) is 1. The minimum Gasteiger partial charge on any atom is -0.490 e. The van der Waals surface area contributed by atoms with Gasteiger partial charge in [-0.25, -0.2) is 0 Å². The molecule has 1 rings (SSSR count). The zero-order valence-electron chi connectivity index (χ0n) is 11.4. The topological polar surface area (TPSA) is 30.5 Å². The molecule has 0 fully saturated rings. The first-order valence-corrected chi connectivity index (χ1v) is 6.89. The molecule has 3 nitrogen and oxygen atoms in total. The molecule has 0 heterocycles. The van der Waals surface area contributed by atoms with Crippen LogP contribution in [0.1, 0.15) is 32.8 Å². The van der Waals surface area contributed by atoms with Crippen molar-refractivity contribution in [1.82, 2.24) is 5.32 Å². The monoisotopic (exact) mass is 271 g/mol. The number of hydrogen-bond acceptors (Lipinski definition) is 3. The molecule has 1 aromatic carbocycles. The first-order chi connectivity index (χ1) is 8.72. The van der Waals surface area contributed by atoms with Crippen molar-refractivity contribution >= 4 is 11.6 Å². The second-order valence-corrected chi connectivity index (χ2v) is 4.35. The fraction of sp³-hybridized carbons (Fsp3) is 0.571. The van der Waals surface area contributed by atoms with Gasteiger partial charge in [0, 0.05) is 6.54 Å². The molecule has 0 aliphatic carbocycles. The first kappa shape index (κ1) is 15.1. The van der Waals surface area contributed by atoms with Crippen LogP contribution in [0.25, 0.3) is 0 Å². The number of ether oxygens (including phenoxy) is 2. The van der Waals surface area contributed by atoms with Gasteiger partial charge in [-0.05, 0) is 44.5 Å². The van der Waals surface area contributed by atoms with Gasteiger partial charge >= 0.3 is 0 Å². The lowest BCUT2D eigenvalue weighted by Gasteiger charge is -2.14. The third kappa shape index (κ3) is 4.39. The Labute approximate surface area is 114 Å². The van der Waals surface area contributed by atoms with Crippen molar-refractivity contribution < 1.29 is 9.47 Å². The van der Waals surface area contributed by atoms with E-state index < -0.39 is 0 Å². The molecule has 0 aliphatic rings. The lowest BCUT2D eigenvalue weighted by Crippen LogP contribution is -2.14. The molecule has 0 saturated heterocycles. The van der Waals surface area contributed by atoms with E-state index in [4.69, 9.17) is 21.1 Å². The van der Waals surface area contributed by atoms with Gasteiger partial charge in [0.15, 0.2) is 11.5 Å². The largest absolute Gasteiger partial charge is 0.490 e. The minimum absolute atomic E-state index is 0.577. The predicted octanol–water partition coefficient (Wildman–Crippen LogP) is 3.64. The molecule has 1 N–H and O–H groups in total. The van der Waals surface area contributed by atoms with E-state index in [0.29, 0.717) is 24.0 Å². The third-order valence-electron chi connectivity index (χ3n) is 2.41. The van der Waals surface area contributed by atoms with Crippen LogP contribution in [0.15, 0.2) is 12.1 Å². The molecular formula is C14H22ClNO2. The maximum absolute atomic E-state index is 6.23. The Morgan fingerprint density at radius 3 is 2.44 bits per heavy atom. The zero-order chi connectivity index (χ0) is 13.4. The van der Waals surface area contributed by atoms with Crippen LogP contribution in [-0.4, -0.2) is 19.8 Å². The van der Waals surface area contributed by atoms with E-state index in [9.17, 15) is 0 Å². The highest BCUT2D eigenvalue weighted by atomic mass is 35.5. The van der Waals surface area contributed by atoms with Crippen molar-refractivity contribution in [3.63, 3.8) is 0 Å². The Balaban J connectivity index is 2.87. The fourth-order valence-electron chi connectivity index (χ4n) is 1.68. The average molecular weight is 272 g/mol. The molecule has 0 atom stereocenters. The number of rotatable bonds is 8. The Bertz CT molecular complexity index is 369. The summed E-state index contributed by atoms with van der Waals surface area (Å²) >= 11 is 6.23. The second-order valence-electron chi connectivity index (χ2n) is 3.95. The molecule has 4 heteroatoms. The summed E-state index contributed by atoms with van der Waals surface area (Å²) in [6.45, 7) is 8.99. The van der Waals surface area contributed by atoms with Crippen molar-refractivity contribution in [3.05, 3.63) is 22.7 Å². The summed E-state index contributed by atoms with van der Waals surface area (Å²) in [7, 11) is 0. The van der Waals surface area contributed by atoms with Gasteiger partial charge in [0.25, 0.3) is 0 Å². The van der Waals surface area contributed by atoms with E-state index >= 15 is 0 Å². The molecule has 0 aromatic heterocycles. The highest BCUT2D eigenvalue weighted by molar-refractivity contribution is 6.32. The van der Waals surface area contributed by atoms with E-state index in [1.54, 1.807) is 0 Å². The summed E-state index contributed by atoms with van der Waals surface area (Å²) in [5.41, 5.74) is 1.11. The Kier molecular flexibility index (Phi) is 6.91. The summed E-state index contributed by atoms with van der Waals surface area (Å²) in [6, 6.07) is 3.92. The lowest BCUT2D eigenvalue weighted by atomic mass is 10.2. The minimum atomic E-state index is 0.577. The maximum atomic E-state index is 6.23. The Morgan fingerprint density at radius 2 is 1.83 bits per heavy atom. The van der Waals surface area contributed by atoms with E-state index in [2.05, 4.69) is 12.2 Å². The quantitative estimate of drug-likeness (QED) is 0.733. The van der Waals surface area contributed by atoms with Gasteiger partial charge in [0.2, 0.25) is 0 Å². The van der Waals surface area contributed by atoms with E-state index in [1.807, 2.05) is 26.0 Å². The standard InChI is InChI=1S/C14H22ClNO2/c1-4-7-16-10-11-8-12(15)14(18-6-3)13(9-11)17-5-2/h8-9,16H,4-7,10H2,1-3H3. The summed E-state index contributed by atoms with van der Waals surface area (Å²) in [6.07, 6.45) is 1.11. The predicted molar refractivity (Wildman–Crippen MR) is 75.8 cm³/mol. The molecule has 0 spiro atoms. The van der Waals surface area contributed by atoms with E-state index in [0.717, 1.165) is 30.8 Å². The summed E-state index contributed by atoms with van der Waals surface area (Å²) in [5, 5.41) is 3.95. The van der Waals surface area contributed by atoms with Crippen LogP contribution in [0.4, 0.5) is 0 Å². The highest BCUT2D eigenvalue weighted by Crippen LogP contribution is 2.36. The van der Waals surface area contributed by atoms with Crippen molar-refractivity contribution in [2.75, 3.05) is 19.8 Å². The van der Waals surface area contributed by atoms with Crippen LogP contribution in [0.3, 0.4) is 0 Å². The van der Waals surface area contributed by atoms with E-state index in [-0.39, 0.29) is 0 Å². The van der Waals surface area contributed by atoms with Gasteiger partial charge in [-0.15, -0.1) is 0 Å². The van der Waals surface area contributed by atoms with Gasteiger partial charge in [0.05, 0.1) is 18.2 Å². The lowest BCUT2D eigenvalue weighted by molar-refractivity contribution is 0.287. The summed E-state index contributed by atoms with van der Waals surface area (Å²) in [4.78, 5) is 0. The normalized spacial score (nSPS) is 10.4. The molecule has 0 amide bonds. The SMILES string of the molecule is CCCNCc1cc(Cl)c(OCC)c(OCC)c1. The second kappa shape index (κ2) is 8.22. The van der Waals surface area contributed by atoms with Crippen LogP contribution < -0.4 is 14.8 Å². The first-order valence-electron chi connectivity index (χ1n) is 6.51. The number of halogens is 1. The Morgan fingerprint density at radius 1 is 1.11 bits per heavy atom. The van der Waals surface area contributed by atoms with Gasteiger partial charge in [0.1, 0.15) is 0 Å². The fourth-order valence-corrected chi connectivity index (χ4v) is 1.97. The molecule has 0 bridgehead atoms. The molecular weight excluding hydrogens is 250 g/mol. The molecule has 102 valence electrons. The van der Waals surface area contributed by atoms with Crippen LogP contribution in [-0.2, 0) is 6.54 Å². The van der Waals surface area contributed by atoms with Gasteiger partial charge < -0.3 is 14.8 Å². The number of benzene rings is 1. The zero-order valence-corrected chi connectivity index (χ0v) is 12.1. The molecule has 1 aromatic rings. The summed E-state index contributed by atoms with van der Waals surface area (Å²) in [5.74, 6) is 1.36. The van der Waals surface area contributed by atoms with E-state index in [1.165, 1.54) is 0 Å². The van der Waals surface area contributed by atoms with Gasteiger partial charge in [-0.2, -0.15) is 0 Å². The van der Waals surface area contributed by atoms with Crippen molar-refractivity contribution in [2.45, 2.75) is 33.7 Å². The smallest absolute Gasteiger partial charge is 0.179 e. The molecule has 0 unspecified atom stereocenters. The van der Waals surface area contributed by atoms with Gasteiger partial charge in [-0.3, -0.25) is 0 Å². The van der Waals surface area contributed by atoms with Crippen molar-refractivity contribution in [2.24, 2.45) is 0 Å². The van der Waals surface area contributed by atoms with Crippen LogP contribution in [0.2, 0.25) is 5.02 Å². The molecule has 0 saturated carbocycles. The Hall–Kier alpha value is -0.930. The molecule has 0 radical (unpaired) electrons. The van der Waals surface area contributed by atoms with Crippen molar-refractivity contribution in [1.29, 1.82) is 0 Å². The third-order valence-corrected chi connectivity index (χ3v) is 2.69. The summed E-state index contributed by atoms with van der Waals surface area (Å²) < 4.78 is 11.1. The molecule has 18 heavy (non-hydrogen) atoms. The maximum Gasteiger partial charge on any atom is 0.179 e. The van der Waals surface area contributed by atoms with Crippen LogP contribution >= 0.6 is 11.6 Å². The number of hydrogen-bond donors (Lipinski definition) is 1. The van der Waals surface area contributed by atoms with Crippen LogP contribution in [0.5, 0.6) is 11.5 Å².